The van der Waals surface area contributed by atoms with Crippen LogP contribution in [0.25, 0.3) is 0 Å². The van der Waals surface area contributed by atoms with Gasteiger partial charge in [0.2, 0.25) is 0 Å². The molecule has 1 aromatic heterocycles. The van der Waals surface area contributed by atoms with Crippen LogP contribution in [0.4, 0.5) is 10.1 Å². The predicted molar refractivity (Wildman–Crippen MR) is 96.6 cm³/mol. The molecule has 1 fully saturated rings. The van der Waals surface area contributed by atoms with E-state index in [1.807, 2.05) is 24.8 Å². The van der Waals surface area contributed by atoms with Gasteiger partial charge in [-0.1, -0.05) is 6.07 Å². The average Bonchev–Trinajstić information content (AvgIpc) is 2.59. The number of benzene rings is 1. The lowest BCUT2D eigenvalue weighted by Crippen LogP contribution is -2.45. The summed E-state index contributed by atoms with van der Waals surface area (Å²) in [6.45, 7) is 7.31. The molecule has 138 valence electrons. The number of carbonyl (C=O) groups excluding carboxylic acids is 1. The summed E-state index contributed by atoms with van der Waals surface area (Å²) < 4.78 is 20.3. The third-order valence-electron chi connectivity index (χ3n) is 4.24. The molecule has 2 heterocycles. The van der Waals surface area contributed by atoms with E-state index in [9.17, 15) is 9.18 Å². The number of hydrogen-bond acceptors (Lipinski definition) is 5. The molecule has 2 aromatic rings. The van der Waals surface area contributed by atoms with E-state index in [-0.39, 0.29) is 36.2 Å². The highest BCUT2D eigenvalue weighted by Gasteiger charge is 2.24. The third kappa shape index (κ3) is 4.35. The Kier molecular flexibility index (Phi) is 5.46. The van der Waals surface area contributed by atoms with Gasteiger partial charge in [0, 0.05) is 25.8 Å². The molecule has 2 atom stereocenters. The van der Waals surface area contributed by atoms with Gasteiger partial charge >= 0.3 is 0 Å². The molecular weight excluding hydrogens is 335 g/mol. The summed E-state index contributed by atoms with van der Waals surface area (Å²) in [6, 6.07) is 5.04. The molecule has 0 bridgehead atoms. The number of anilines is 1. The number of aromatic nitrogens is 2. The zero-order valence-electron chi connectivity index (χ0n) is 15.2. The van der Waals surface area contributed by atoms with Crippen LogP contribution in [0.5, 0.6) is 0 Å². The number of halogens is 1. The predicted octanol–water partition coefficient (Wildman–Crippen LogP) is 2.47. The van der Waals surface area contributed by atoms with Crippen molar-refractivity contribution in [2.24, 2.45) is 0 Å². The summed E-state index contributed by atoms with van der Waals surface area (Å²) in [5.74, 6) is -0.633. The largest absolute Gasteiger partial charge is 0.372 e. The molecule has 3 rings (SSSR count). The molecule has 7 heteroatoms. The van der Waals surface area contributed by atoms with Crippen LogP contribution in [-0.2, 0) is 11.3 Å². The minimum Gasteiger partial charge on any atom is -0.372 e. The Labute approximate surface area is 152 Å². The molecule has 6 nitrogen and oxygen atoms in total. The first-order chi connectivity index (χ1) is 12.4. The minimum absolute atomic E-state index is 0.0627. The zero-order chi connectivity index (χ0) is 18.7. The molecule has 0 saturated carbocycles. The van der Waals surface area contributed by atoms with Gasteiger partial charge in [-0.2, -0.15) is 0 Å². The van der Waals surface area contributed by atoms with Crippen LogP contribution in [0.1, 0.15) is 35.6 Å². The van der Waals surface area contributed by atoms with E-state index in [1.54, 1.807) is 13.0 Å². The Bertz CT molecular complexity index is 772. The SMILES string of the molecule is Cc1cnc(C(=O)NCc2ccc(N3CC(C)OC(C)C3)c(F)c2)cn1. The fourth-order valence-electron chi connectivity index (χ4n) is 3.07. The van der Waals surface area contributed by atoms with Gasteiger partial charge in [-0.05, 0) is 38.5 Å². The summed E-state index contributed by atoms with van der Waals surface area (Å²) in [7, 11) is 0. The average molecular weight is 358 g/mol. The van der Waals surface area contributed by atoms with Crippen molar-refractivity contribution < 1.29 is 13.9 Å². The molecule has 1 saturated heterocycles. The molecule has 0 spiro atoms. The number of carbonyl (C=O) groups is 1. The standard InChI is InChI=1S/C19H23FN4O2/c1-12-7-22-17(9-21-12)19(25)23-8-15-4-5-18(16(20)6-15)24-10-13(2)26-14(3)11-24/h4-7,9,13-14H,8,10-11H2,1-3H3,(H,23,25). The second-order valence-electron chi connectivity index (χ2n) is 6.67. The molecule has 0 radical (unpaired) electrons. The maximum absolute atomic E-state index is 14.6. The van der Waals surface area contributed by atoms with Gasteiger partial charge in [-0.15, -0.1) is 0 Å². The van der Waals surface area contributed by atoms with Crippen molar-refractivity contribution in [2.75, 3.05) is 18.0 Å². The Hall–Kier alpha value is -2.54. The number of ether oxygens (including phenoxy) is 1. The first-order valence-corrected chi connectivity index (χ1v) is 8.68. The fraction of sp³-hybridized carbons (Fsp3) is 0.421. The monoisotopic (exact) mass is 358 g/mol. The van der Waals surface area contributed by atoms with Crippen molar-refractivity contribution >= 4 is 11.6 Å². The van der Waals surface area contributed by atoms with Crippen LogP contribution in [-0.4, -0.2) is 41.2 Å². The summed E-state index contributed by atoms with van der Waals surface area (Å²) >= 11 is 0. The van der Waals surface area contributed by atoms with E-state index in [0.717, 1.165) is 5.69 Å². The third-order valence-corrected chi connectivity index (χ3v) is 4.24. The number of aryl methyl sites for hydroxylation is 1. The number of nitrogens with zero attached hydrogens (tertiary/aromatic N) is 3. The van der Waals surface area contributed by atoms with Gasteiger partial charge < -0.3 is 15.0 Å². The van der Waals surface area contributed by atoms with Crippen LogP contribution in [0.15, 0.2) is 30.6 Å². The van der Waals surface area contributed by atoms with E-state index < -0.39 is 0 Å². The molecule has 1 N–H and O–H groups in total. The Morgan fingerprint density at radius 3 is 2.62 bits per heavy atom. The van der Waals surface area contributed by atoms with Crippen LogP contribution in [0.3, 0.4) is 0 Å². The molecule has 0 aliphatic carbocycles. The summed E-state index contributed by atoms with van der Waals surface area (Å²) in [5, 5.41) is 2.73. The smallest absolute Gasteiger partial charge is 0.271 e. The molecule has 1 aliphatic rings. The van der Waals surface area contributed by atoms with Gasteiger partial charge in [-0.25, -0.2) is 9.37 Å². The van der Waals surface area contributed by atoms with Gasteiger partial charge in [0.1, 0.15) is 11.5 Å². The van der Waals surface area contributed by atoms with Crippen molar-refractivity contribution in [3.63, 3.8) is 0 Å². The van der Waals surface area contributed by atoms with Crippen molar-refractivity contribution in [3.05, 3.63) is 53.4 Å². The van der Waals surface area contributed by atoms with Gasteiger partial charge in [-0.3, -0.25) is 9.78 Å². The van der Waals surface area contributed by atoms with Gasteiger partial charge in [0.05, 0.1) is 29.8 Å². The van der Waals surface area contributed by atoms with Crippen LogP contribution in [0, 0.1) is 12.7 Å². The van der Waals surface area contributed by atoms with Gasteiger partial charge in [0.15, 0.2) is 0 Å². The van der Waals surface area contributed by atoms with Crippen LogP contribution < -0.4 is 10.2 Å². The highest BCUT2D eigenvalue weighted by atomic mass is 19.1. The summed E-state index contributed by atoms with van der Waals surface area (Å²) in [4.78, 5) is 22.1. The first-order valence-electron chi connectivity index (χ1n) is 8.68. The van der Waals surface area contributed by atoms with E-state index in [4.69, 9.17) is 4.74 Å². The molecule has 26 heavy (non-hydrogen) atoms. The number of rotatable bonds is 4. The highest BCUT2D eigenvalue weighted by molar-refractivity contribution is 5.91. The van der Waals surface area contributed by atoms with E-state index in [2.05, 4.69) is 15.3 Å². The van der Waals surface area contributed by atoms with E-state index in [1.165, 1.54) is 18.5 Å². The van der Waals surface area contributed by atoms with Crippen molar-refractivity contribution in [3.8, 4) is 0 Å². The van der Waals surface area contributed by atoms with Crippen LogP contribution >= 0.6 is 0 Å². The van der Waals surface area contributed by atoms with Crippen molar-refractivity contribution in [2.45, 2.75) is 39.5 Å². The summed E-state index contributed by atoms with van der Waals surface area (Å²) in [6.07, 6.45) is 3.09. The first kappa shape index (κ1) is 18.3. The van der Waals surface area contributed by atoms with Crippen molar-refractivity contribution in [1.29, 1.82) is 0 Å². The Morgan fingerprint density at radius 2 is 2.00 bits per heavy atom. The maximum atomic E-state index is 14.6. The molecule has 1 amide bonds. The molecule has 2 unspecified atom stereocenters. The lowest BCUT2D eigenvalue weighted by atomic mass is 10.1. The minimum atomic E-state index is -0.335. The lowest BCUT2D eigenvalue weighted by molar-refractivity contribution is -0.00539. The molecule has 1 aliphatic heterocycles. The van der Waals surface area contributed by atoms with Gasteiger partial charge in [0.25, 0.3) is 5.91 Å². The second-order valence-corrected chi connectivity index (χ2v) is 6.67. The molecule has 1 aromatic carbocycles. The van der Waals surface area contributed by atoms with Crippen molar-refractivity contribution in [1.82, 2.24) is 15.3 Å². The van der Waals surface area contributed by atoms with E-state index >= 15 is 0 Å². The number of morpholine rings is 1. The van der Waals surface area contributed by atoms with Crippen LogP contribution in [0.2, 0.25) is 0 Å². The summed E-state index contributed by atoms with van der Waals surface area (Å²) in [5.41, 5.74) is 2.23. The Morgan fingerprint density at radius 1 is 1.27 bits per heavy atom. The zero-order valence-corrected chi connectivity index (χ0v) is 15.2. The molecular formula is C19H23FN4O2. The quantitative estimate of drug-likeness (QED) is 0.909. The number of hydrogen-bond donors (Lipinski definition) is 1. The Balaban J connectivity index is 1.64. The topological polar surface area (TPSA) is 67.4 Å². The normalized spacial score (nSPS) is 20.1. The lowest BCUT2D eigenvalue weighted by Gasteiger charge is -2.37. The fourth-order valence-corrected chi connectivity index (χ4v) is 3.07. The number of nitrogens with one attached hydrogen (secondary N) is 1. The van der Waals surface area contributed by atoms with E-state index in [0.29, 0.717) is 24.3 Å². The number of amides is 1. The maximum Gasteiger partial charge on any atom is 0.271 e. The highest BCUT2D eigenvalue weighted by Crippen LogP contribution is 2.24. The second kappa shape index (κ2) is 7.78.